The monoisotopic (exact) mass is 317 g/mol. The second-order valence-electron chi connectivity index (χ2n) is 5.92. The number of hydrogen-bond acceptors (Lipinski definition) is 5. The molecule has 6 heteroatoms. The Morgan fingerprint density at radius 2 is 2.04 bits per heavy atom. The zero-order valence-electron chi connectivity index (χ0n) is 13.1. The van der Waals surface area contributed by atoms with Crippen LogP contribution in [0.1, 0.15) is 18.4 Å². The van der Waals surface area contributed by atoms with Crippen LogP contribution in [-0.2, 0) is 11.2 Å². The topological polar surface area (TPSA) is 99.6 Å². The highest BCUT2D eigenvalue weighted by molar-refractivity contribution is 5.76. The van der Waals surface area contributed by atoms with Crippen molar-refractivity contribution in [2.24, 2.45) is 11.7 Å². The summed E-state index contributed by atoms with van der Waals surface area (Å²) in [6, 6.07) is 9.39. The molecule has 1 fully saturated rings. The van der Waals surface area contributed by atoms with Gasteiger partial charge < -0.3 is 20.5 Å². The van der Waals surface area contributed by atoms with Gasteiger partial charge in [-0.25, -0.2) is 0 Å². The molecule has 1 aromatic rings. The molecule has 2 rings (SSSR count). The van der Waals surface area contributed by atoms with Crippen molar-refractivity contribution in [3.63, 3.8) is 0 Å². The molecule has 124 valence electrons. The average molecular weight is 317 g/mol. The fourth-order valence-corrected chi connectivity index (χ4v) is 2.74. The molecule has 0 radical (unpaired) electrons. The van der Waals surface area contributed by atoms with E-state index in [1.165, 1.54) is 0 Å². The number of amides is 1. The van der Waals surface area contributed by atoms with Crippen LogP contribution in [0.2, 0.25) is 0 Å². The van der Waals surface area contributed by atoms with Crippen molar-refractivity contribution >= 4 is 5.91 Å². The Hall–Kier alpha value is -2.10. The Morgan fingerprint density at radius 3 is 2.61 bits per heavy atom. The number of benzene rings is 1. The fourth-order valence-electron chi connectivity index (χ4n) is 2.74. The third kappa shape index (κ3) is 5.55. The molecule has 1 amide bonds. The van der Waals surface area contributed by atoms with Gasteiger partial charge in [0.2, 0.25) is 5.91 Å². The lowest BCUT2D eigenvalue weighted by atomic mass is 9.96. The Labute approximate surface area is 136 Å². The number of piperidine rings is 1. The first-order valence-corrected chi connectivity index (χ1v) is 7.87. The Bertz CT molecular complexity index is 545. The van der Waals surface area contributed by atoms with Gasteiger partial charge in [-0.15, -0.1) is 0 Å². The molecule has 0 bridgehead atoms. The van der Waals surface area contributed by atoms with Crippen molar-refractivity contribution in [2.45, 2.75) is 25.4 Å². The van der Waals surface area contributed by atoms with E-state index >= 15 is 0 Å². The second-order valence-corrected chi connectivity index (χ2v) is 5.92. The number of carbonyl (C=O) groups is 1. The van der Waals surface area contributed by atoms with E-state index < -0.39 is 6.10 Å². The summed E-state index contributed by atoms with van der Waals surface area (Å²) in [5.74, 6) is 0.415. The second kappa shape index (κ2) is 8.51. The quantitative estimate of drug-likeness (QED) is 0.771. The van der Waals surface area contributed by atoms with E-state index in [4.69, 9.17) is 15.7 Å². The molecule has 0 saturated carbocycles. The van der Waals surface area contributed by atoms with Crippen LogP contribution in [0.5, 0.6) is 5.75 Å². The molecule has 1 aliphatic rings. The Kier molecular flexibility index (Phi) is 6.39. The summed E-state index contributed by atoms with van der Waals surface area (Å²) >= 11 is 0. The highest BCUT2D eigenvalue weighted by Gasteiger charge is 2.24. The first-order chi connectivity index (χ1) is 11.1. The van der Waals surface area contributed by atoms with E-state index in [9.17, 15) is 9.90 Å². The van der Waals surface area contributed by atoms with Crippen LogP contribution in [0.25, 0.3) is 0 Å². The van der Waals surface area contributed by atoms with Gasteiger partial charge in [0.15, 0.2) is 0 Å². The summed E-state index contributed by atoms with van der Waals surface area (Å²) in [6.07, 6.45) is 1.30. The SMILES string of the molecule is N#CCc1ccc(OC[C@@H](O)CN2CCC(C(N)=O)CC2)cc1. The lowest BCUT2D eigenvalue weighted by Crippen LogP contribution is -2.43. The minimum absolute atomic E-state index is 0.0356. The van der Waals surface area contributed by atoms with Crippen molar-refractivity contribution in [3.8, 4) is 11.8 Å². The normalized spacial score (nSPS) is 17.4. The number of aliphatic hydroxyl groups excluding tert-OH is 1. The van der Waals surface area contributed by atoms with Gasteiger partial charge in [-0.2, -0.15) is 5.26 Å². The molecule has 1 saturated heterocycles. The van der Waals surface area contributed by atoms with Crippen molar-refractivity contribution in [1.82, 2.24) is 4.90 Å². The number of nitriles is 1. The van der Waals surface area contributed by atoms with Crippen LogP contribution in [0.4, 0.5) is 0 Å². The highest BCUT2D eigenvalue weighted by Crippen LogP contribution is 2.17. The Morgan fingerprint density at radius 1 is 1.39 bits per heavy atom. The summed E-state index contributed by atoms with van der Waals surface area (Å²) in [5.41, 5.74) is 6.25. The first-order valence-electron chi connectivity index (χ1n) is 7.87. The van der Waals surface area contributed by atoms with Gasteiger partial charge in [0.1, 0.15) is 18.5 Å². The maximum absolute atomic E-state index is 11.1. The average Bonchev–Trinajstić information content (AvgIpc) is 2.55. The number of β-amino-alcohol motifs (C(OH)–C–C–N with tert-alkyl or cyclic N) is 1. The third-order valence-corrected chi connectivity index (χ3v) is 4.11. The van der Waals surface area contributed by atoms with Gasteiger partial charge in [-0.05, 0) is 43.6 Å². The summed E-state index contributed by atoms with van der Waals surface area (Å²) in [6.45, 7) is 2.28. The van der Waals surface area contributed by atoms with Gasteiger partial charge in [0, 0.05) is 12.5 Å². The number of likely N-dealkylation sites (tertiary alicyclic amines) is 1. The van der Waals surface area contributed by atoms with Crippen LogP contribution in [-0.4, -0.2) is 48.3 Å². The molecule has 6 nitrogen and oxygen atoms in total. The molecule has 1 heterocycles. The lowest BCUT2D eigenvalue weighted by Gasteiger charge is -2.31. The van der Waals surface area contributed by atoms with Crippen molar-refractivity contribution < 1.29 is 14.6 Å². The number of ether oxygens (including phenoxy) is 1. The summed E-state index contributed by atoms with van der Waals surface area (Å²) in [4.78, 5) is 13.3. The van der Waals surface area contributed by atoms with E-state index in [1.807, 2.05) is 12.1 Å². The molecule has 1 aliphatic heterocycles. The maximum atomic E-state index is 11.1. The smallest absolute Gasteiger partial charge is 0.220 e. The number of primary amides is 1. The zero-order chi connectivity index (χ0) is 16.7. The number of nitrogens with two attached hydrogens (primary N) is 1. The summed E-state index contributed by atoms with van der Waals surface area (Å²) in [5, 5.41) is 18.7. The van der Waals surface area contributed by atoms with Crippen molar-refractivity contribution in [3.05, 3.63) is 29.8 Å². The minimum atomic E-state index is -0.584. The van der Waals surface area contributed by atoms with Gasteiger partial charge in [-0.1, -0.05) is 12.1 Å². The van der Waals surface area contributed by atoms with Crippen LogP contribution < -0.4 is 10.5 Å². The number of rotatable bonds is 7. The number of carbonyl (C=O) groups excluding carboxylic acids is 1. The summed E-state index contributed by atoms with van der Waals surface area (Å²) in [7, 11) is 0. The molecule has 3 N–H and O–H groups in total. The van der Waals surface area contributed by atoms with E-state index in [-0.39, 0.29) is 18.4 Å². The number of hydrogen-bond donors (Lipinski definition) is 2. The minimum Gasteiger partial charge on any atom is -0.491 e. The van der Waals surface area contributed by atoms with Crippen LogP contribution in [0.3, 0.4) is 0 Å². The first kappa shape index (κ1) is 17.3. The number of aliphatic hydroxyl groups is 1. The van der Waals surface area contributed by atoms with Crippen molar-refractivity contribution in [1.29, 1.82) is 5.26 Å². The van der Waals surface area contributed by atoms with Crippen LogP contribution in [0.15, 0.2) is 24.3 Å². The molecular formula is C17H23N3O3. The van der Waals surface area contributed by atoms with Gasteiger partial charge in [-0.3, -0.25) is 4.79 Å². The number of nitrogens with zero attached hydrogens (tertiary/aromatic N) is 2. The molecule has 0 unspecified atom stereocenters. The largest absolute Gasteiger partial charge is 0.491 e. The van der Waals surface area contributed by atoms with E-state index in [0.717, 1.165) is 31.5 Å². The summed E-state index contributed by atoms with van der Waals surface area (Å²) < 4.78 is 5.57. The Balaban J connectivity index is 1.70. The molecular weight excluding hydrogens is 294 g/mol. The molecule has 0 spiro atoms. The zero-order valence-corrected chi connectivity index (χ0v) is 13.1. The van der Waals surface area contributed by atoms with Gasteiger partial charge in [0.25, 0.3) is 0 Å². The molecule has 23 heavy (non-hydrogen) atoms. The fraction of sp³-hybridized carbons (Fsp3) is 0.529. The van der Waals surface area contributed by atoms with Gasteiger partial charge >= 0.3 is 0 Å². The predicted molar refractivity (Wildman–Crippen MR) is 85.6 cm³/mol. The van der Waals surface area contributed by atoms with E-state index in [2.05, 4.69) is 11.0 Å². The molecule has 1 atom stereocenters. The van der Waals surface area contributed by atoms with E-state index in [1.54, 1.807) is 12.1 Å². The lowest BCUT2D eigenvalue weighted by molar-refractivity contribution is -0.123. The van der Waals surface area contributed by atoms with Crippen LogP contribution >= 0.6 is 0 Å². The third-order valence-electron chi connectivity index (χ3n) is 4.11. The molecule has 0 aliphatic carbocycles. The standard InChI is InChI=1S/C17H23N3O3/c18-8-5-13-1-3-16(4-2-13)23-12-15(21)11-20-9-6-14(7-10-20)17(19)22/h1-4,14-15,21H,5-7,9-12H2,(H2,19,22)/t15-/m0/s1. The van der Waals surface area contributed by atoms with E-state index in [0.29, 0.717) is 18.7 Å². The predicted octanol–water partition coefficient (Wildman–Crippen LogP) is 0.690. The highest BCUT2D eigenvalue weighted by atomic mass is 16.5. The van der Waals surface area contributed by atoms with Gasteiger partial charge in [0.05, 0.1) is 12.5 Å². The van der Waals surface area contributed by atoms with Crippen LogP contribution in [0, 0.1) is 17.2 Å². The molecule has 0 aromatic heterocycles. The molecule has 1 aromatic carbocycles. The van der Waals surface area contributed by atoms with Crippen molar-refractivity contribution in [2.75, 3.05) is 26.2 Å². The maximum Gasteiger partial charge on any atom is 0.220 e.